The van der Waals surface area contributed by atoms with E-state index in [1.54, 1.807) is 31.4 Å². The van der Waals surface area contributed by atoms with Crippen molar-refractivity contribution in [2.24, 2.45) is 0 Å². The smallest absolute Gasteiger partial charge is 0.255 e. The maximum absolute atomic E-state index is 12.5. The summed E-state index contributed by atoms with van der Waals surface area (Å²) >= 11 is 0. The molecule has 0 radical (unpaired) electrons. The van der Waals surface area contributed by atoms with Crippen molar-refractivity contribution in [2.75, 3.05) is 17.7 Å². The second kappa shape index (κ2) is 6.70. The third-order valence-corrected chi connectivity index (χ3v) is 4.00. The molecule has 6 heteroatoms. The summed E-state index contributed by atoms with van der Waals surface area (Å²) in [5.74, 6) is 0.335. The van der Waals surface area contributed by atoms with Crippen LogP contribution in [0.25, 0.3) is 0 Å². The lowest BCUT2D eigenvalue weighted by molar-refractivity contribution is -0.116. The second-order valence-electron chi connectivity index (χ2n) is 5.58. The van der Waals surface area contributed by atoms with Crippen LogP contribution in [-0.4, -0.2) is 23.9 Å². The first-order chi connectivity index (χ1) is 11.6. The Morgan fingerprint density at radius 3 is 2.88 bits per heavy atom. The molecule has 1 aliphatic heterocycles. The van der Waals surface area contributed by atoms with Gasteiger partial charge in [0.15, 0.2) is 0 Å². The van der Waals surface area contributed by atoms with E-state index < -0.39 is 0 Å². The minimum atomic E-state index is -0.198. The largest absolute Gasteiger partial charge is 0.481 e. The predicted molar refractivity (Wildman–Crippen MR) is 91.5 cm³/mol. The molecular formula is C18H19N3O3. The molecule has 1 aliphatic rings. The van der Waals surface area contributed by atoms with Gasteiger partial charge >= 0.3 is 0 Å². The number of nitrogens with zero attached hydrogens (tertiary/aromatic N) is 1. The van der Waals surface area contributed by atoms with Gasteiger partial charge in [-0.3, -0.25) is 9.59 Å². The quantitative estimate of drug-likeness (QED) is 0.906. The fourth-order valence-electron chi connectivity index (χ4n) is 2.70. The number of methoxy groups -OCH3 is 1. The molecule has 0 saturated carbocycles. The van der Waals surface area contributed by atoms with Crippen molar-refractivity contribution >= 4 is 23.2 Å². The van der Waals surface area contributed by atoms with Crippen LogP contribution in [-0.2, 0) is 17.6 Å². The average Bonchev–Trinajstić information content (AvgIpc) is 2.61. The number of carbonyl (C=O) groups is 2. The summed E-state index contributed by atoms with van der Waals surface area (Å²) in [6.45, 7) is 1.97. The topological polar surface area (TPSA) is 80.3 Å². The Morgan fingerprint density at radius 2 is 2.12 bits per heavy atom. The van der Waals surface area contributed by atoms with Crippen molar-refractivity contribution in [1.29, 1.82) is 0 Å². The number of fused-ring (bicyclic) bond motifs is 1. The lowest BCUT2D eigenvalue weighted by atomic mass is 10.00. The van der Waals surface area contributed by atoms with Crippen molar-refractivity contribution in [3.63, 3.8) is 0 Å². The van der Waals surface area contributed by atoms with Crippen LogP contribution in [0.4, 0.5) is 11.4 Å². The van der Waals surface area contributed by atoms with Crippen LogP contribution in [0.15, 0.2) is 30.3 Å². The van der Waals surface area contributed by atoms with E-state index >= 15 is 0 Å². The number of ether oxygens (including phenoxy) is 1. The number of benzene rings is 1. The van der Waals surface area contributed by atoms with Crippen LogP contribution in [0.3, 0.4) is 0 Å². The molecule has 24 heavy (non-hydrogen) atoms. The highest BCUT2D eigenvalue weighted by atomic mass is 16.5. The first-order valence-corrected chi connectivity index (χ1v) is 7.88. The Hall–Kier alpha value is -2.89. The summed E-state index contributed by atoms with van der Waals surface area (Å²) in [6.07, 6.45) is 1.77. The number of carbonyl (C=O) groups excluding carboxylic acids is 2. The van der Waals surface area contributed by atoms with Gasteiger partial charge in [-0.05, 0) is 42.7 Å². The lowest BCUT2D eigenvalue weighted by Gasteiger charge is -2.17. The number of hydrogen-bond donors (Lipinski definition) is 2. The van der Waals surface area contributed by atoms with E-state index in [1.165, 1.54) is 0 Å². The Morgan fingerprint density at radius 1 is 1.29 bits per heavy atom. The van der Waals surface area contributed by atoms with Crippen LogP contribution < -0.4 is 15.4 Å². The number of pyridine rings is 1. The summed E-state index contributed by atoms with van der Waals surface area (Å²) in [5, 5.41) is 5.71. The number of rotatable bonds is 4. The van der Waals surface area contributed by atoms with Gasteiger partial charge in [-0.2, -0.15) is 0 Å². The number of hydrogen-bond acceptors (Lipinski definition) is 4. The van der Waals surface area contributed by atoms with E-state index in [1.807, 2.05) is 13.0 Å². The number of aromatic nitrogens is 1. The summed E-state index contributed by atoms with van der Waals surface area (Å²) in [5.41, 5.74) is 3.76. The molecule has 0 aliphatic carbocycles. The third kappa shape index (κ3) is 3.22. The van der Waals surface area contributed by atoms with E-state index in [4.69, 9.17) is 4.74 Å². The minimum absolute atomic E-state index is 0.0107. The minimum Gasteiger partial charge on any atom is -0.481 e. The Kier molecular flexibility index (Phi) is 4.46. The monoisotopic (exact) mass is 325 g/mol. The molecular weight excluding hydrogens is 306 g/mol. The maximum atomic E-state index is 12.5. The fraction of sp³-hybridized carbons (Fsp3) is 0.278. The molecule has 2 heterocycles. The van der Waals surface area contributed by atoms with E-state index in [2.05, 4.69) is 15.6 Å². The van der Waals surface area contributed by atoms with E-state index in [0.29, 0.717) is 36.4 Å². The fourth-order valence-corrected chi connectivity index (χ4v) is 2.70. The van der Waals surface area contributed by atoms with Gasteiger partial charge in [0.2, 0.25) is 11.8 Å². The van der Waals surface area contributed by atoms with Gasteiger partial charge in [0.25, 0.3) is 5.91 Å². The van der Waals surface area contributed by atoms with E-state index in [-0.39, 0.29) is 11.8 Å². The summed E-state index contributed by atoms with van der Waals surface area (Å²) < 4.78 is 5.11. The zero-order valence-corrected chi connectivity index (χ0v) is 13.7. The molecule has 124 valence electrons. The molecule has 2 N–H and O–H groups in total. The molecule has 2 amide bonds. The Labute approximate surface area is 140 Å². The van der Waals surface area contributed by atoms with Gasteiger partial charge in [-0.1, -0.05) is 6.92 Å². The van der Waals surface area contributed by atoms with Crippen LogP contribution >= 0.6 is 0 Å². The van der Waals surface area contributed by atoms with Gasteiger partial charge in [-0.15, -0.1) is 0 Å². The van der Waals surface area contributed by atoms with Gasteiger partial charge in [0, 0.05) is 23.7 Å². The number of nitrogens with one attached hydrogen (secondary N) is 2. The molecule has 3 rings (SSSR count). The van der Waals surface area contributed by atoms with Crippen LogP contribution in [0.1, 0.15) is 35.0 Å². The normalized spacial score (nSPS) is 13.0. The zero-order valence-electron chi connectivity index (χ0n) is 13.7. The Balaban J connectivity index is 1.82. The molecule has 2 aromatic rings. The molecule has 0 atom stereocenters. The third-order valence-electron chi connectivity index (χ3n) is 4.00. The summed E-state index contributed by atoms with van der Waals surface area (Å²) in [6, 6.07) is 8.82. The molecule has 0 unspecified atom stereocenters. The van der Waals surface area contributed by atoms with Gasteiger partial charge in [-0.25, -0.2) is 4.98 Å². The number of amides is 2. The summed E-state index contributed by atoms with van der Waals surface area (Å²) in [7, 11) is 1.56. The Bertz CT molecular complexity index is 802. The highest BCUT2D eigenvalue weighted by Gasteiger charge is 2.17. The van der Waals surface area contributed by atoms with Crippen LogP contribution in [0.2, 0.25) is 0 Å². The molecule has 0 bridgehead atoms. The van der Waals surface area contributed by atoms with Gasteiger partial charge < -0.3 is 15.4 Å². The number of anilines is 2. The van der Waals surface area contributed by atoms with Crippen molar-refractivity contribution < 1.29 is 14.3 Å². The van der Waals surface area contributed by atoms with Crippen LogP contribution in [0.5, 0.6) is 5.88 Å². The molecule has 1 aromatic carbocycles. The SMILES string of the molecule is CCc1nc(OC)ccc1NC(=O)c1ccc2c(c1)CCC(=O)N2. The molecule has 0 saturated heterocycles. The molecule has 1 aromatic heterocycles. The predicted octanol–water partition coefficient (Wildman–Crippen LogP) is 2.79. The zero-order chi connectivity index (χ0) is 17.1. The molecule has 0 spiro atoms. The average molecular weight is 325 g/mol. The standard InChI is InChI=1S/C18H19N3O3/c1-3-13-15(7-9-17(20-13)24-2)21-18(23)12-4-6-14-11(10-12)5-8-16(22)19-14/h4,6-7,9-10H,3,5,8H2,1-2H3,(H,19,22)(H,21,23). The first-order valence-electron chi connectivity index (χ1n) is 7.88. The highest BCUT2D eigenvalue weighted by molar-refractivity contribution is 6.05. The van der Waals surface area contributed by atoms with Crippen molar-refractivity contribution in [3.05, 3.63) is 47.2 Å². The van der Waals surface area contributed by atoms with Crippen molar-refractivity contribution in [3.8, 4) is 5.88 Å². The maximum Gasteiger partial charge on any atom is 0.255 e. The van der Waals surface area contributed by atoms with Gasteiger partial charge in [0.1, 0.15) is 0 Å². The van der Waals surface area contributed by atoms with E-state index in [0.717, 1.165) is 16.9 Å². The first kappa shape index (κ1) is 16.0. The van der Waals surface area contributed by atoms with Gasteiger partial charge in [0.05, 0.1) is 18.5 Å². The second-order valence-corrected chi connectivity index (χ2v) is 5.58. The molecule has 0 fully saturated rings. The highest BCUT2D eigenvalue weighted by Crippen LogP contribution is 2.25. The lowest BCUT2D eigenvalue weighted by Crippen LogP contribution is -2.20. The number of aryl methyl sites for hydroxylation is 2. The molecule has 6 nitrogen and oxygen atoms in total. The van der Waals surface area contributed by atoms with Crippen LogP contribution in [0, 0.1) is 0 Å². The summed E-state index contributed by atoms with van der Waals surface area (Å²) in [4.78, 5) is 28.3. The van der Waals surface area contributed by atoms with Crippen molar-refractivity contribution in [1.82, 2.24) is 4.98 Å². The van der Waals surface area contributed by atoms with Crippen molar-refractivity contribution in [2.45, 2.75) is 26.2 Å². The van der Waals surface area contributed by atoms with E-state index in [9.17, 15) is 9.59 Å².